The predicted octanol–water partition coefficient (Wildman–Crippen LogP) is -1.66. The second-order valence-corrected chi connectivity index (χ2v) is 2.88. The summed E-state index contributed by atoms with van der Waals surface area (Å²) in [6.45, 7) is 1.32. The van der Waals surface area contributed by atoms with Crippen LogP contribution in [0.4, 0.5) is 0 Å². The van der Waals surface area contributed by atoms with Gasteiger partial charge in [-0.05, 0) is 0 Å². The zero-order chi connectivity index (χ0) is 8.97. The Hall–Kier alpha value is -1.10. The third-order valence-electron chi connectivity index (χ3n) is 1.76. The summed E-state index contributed by atoms with van der Waals surface area (Å²) in [5.41, 5.74) is 5.01. The third kappa shape index (κ3) is 2.87. The summed E-state index contributed by atoms with van der Waals surface area (Å²) in [4.78, 5) is 21.5. The molecule has 4 N–H and O–H groups in total. The monoisotopic (exact) mass is 171 g/mol. The van der Waals surface area contributed by atoms with Gasteiger partial charge in [0.15, 0.2) is 0 Å². The van der Waals surface area contributed by atoms with E-state index in [1.807, 2.05) is 0 Å². The first-order valence-corrected chi connectivity index (χ1v) is 3.97. The number of rotatable bonds is 2. The van der Waals surface area contributed by atoms with Gasteiger partial charge in [-0.2, -0.15) is 0 Å². The standard InChI is InChI=1S/C7H13N3O2/c8-6(11)3-5-4-7(12)10-2-1-9-5/h5,9H,1-4H2,(H2,8,11)(H,10,12). The van der Waals surface area contributed by atoms with Crippen LogP contribution in [0.15, 0.2) is 0 Å². The molecule has 0 bridgehead atoms. The van der Waals surface area contributed by atoms with Crippen molar-refractivity contribution >= 4 is 11.8 Å². The van der Waals surface area contributed by atoms with E-state index in [0.29, 0.717) is 19.5 Å². The summed E-state index contributed by atoms with van der Waals surface area (Å²) in [5.74, 6) is -0.395. The Balaban J connectivity index is 2.41. The average molecular weight is 171 g/mol. The molecule has 1 heterocycles. The van der Waals surface area contributed by atoms with E-state index in [2.05, 4.69) is 10.6 Å². The minimum atomic E-state index is -0.373. The van der Waals surface area contributed by atoms with Gasteiger partial charge in [0.25, 0.3) is 0 Å². The maximum atomic E-state index is 11.0. The molecule has 1 aliphatic rings. The van der Waals surface area contributed by atoms with Gasteiger partial charge in [0.2, 0.25) is 11.8 Å². The normalized spacial score (nSPS) is 24.3. The molecule has 1 saturated heterocycles. The van der Waals surface area contributed by atoms with Crippen molar-refractivity contribution < 1.29 is 9.59 Å². The van der Waals surface area contributed by atoms with E-state index in [1.165, 1.54) is 0 Å². The molecule has 12 heavy (non-hydrogen) atoms. The van der Waals surface area contributed by atoms with E-state index in [9.17, 15) is 9.59 Å². The smallest absolute Gasteiger partial charge is 0.221 e. The maximum Gasteiger partial charge on any atom is 0.221 e. The number of nitrogens with two attached hydrogens (primary N) is 1. The first kappa shape index (κ1) is 8.99. The Morgan fingerprint density at radius 3 is 3.00 bits per heavy atom. The quantitative estimate of drug-likeness (QED) is 0.465. The zero-order valence-corrected chi connectivity index (χ0v) is 6.80. The van der Waals surface area contributed by atoms with Gasteiger partial charge in [-0.3, -0.25) is 9.59 Å². The van der Waals surface area contributed by atoms with Crippen LogP contribution in [0.2, 0.25) is 0 Å². The van der Waals surface area contributed by atoms with Crippen LogP contribution in [0.5, 0.6) is 0 Å². The molecule has 68 valence electrons. The van der Waals surface area contributed by atoms with Crippen molar-refractivity contribution in [2.24, 2.45) is 5.73 Å². The lowest BCUT2D eigenvalue weighted by Crippen LogP contribution is -2.34. The Morgan fingerprint density at radius 2 is 2.33 bits per heavy atom. The summed E-state index contributed by atoms with van der Waals surface area (Å²) in [6.07, 6.45) is 0.566. The fourth-order valence-corrected chi connectivity index (χ4v) is 1.23. The highest BCUT2D eigenvalue weighted by Gasteiger charge is 2.17. The van der Waals surface area contributed by atoms with E-state index in [0.717, 1.165) is 0 Å². The molecule has 1 fully saturated rings. The van der Waals surface area contributed by atoms with Gasteiger partial charge in [-0.15, -0.1) is 0 Å². The van der Waals surface area contributed by atoms with Crippen LogP contribution in [0.3, 0.4) is 0 Å². The minimum absolute atomic E-state index is 0.0220. The van der Waals surface area contributed by atoms with Gasteiger partial charge in [0, 0.05) is 32.0 Å². The van der Waals surface area contributed by atoms with Gasteiger partial charge in [-0.25, -0.2) is 0 Å². The van der Waals surface area contributed by atoms with Crippen LogP contribution in [0.1, 0.15) is 12.8 Å². The van der Waals surface area contributed by atoms with Crippen molar-refractivity contribution in [2.45, 2.75) is 18.9 Å². The van der Waals surface area contributed by atoms with E-state index in [1.54, 1.807) is 0 Å². The molecule has 0 aromatic rings. The summed E-state index contributed by atoms with van der Waals surface area (Å²) in [5, 5.41) is 5.75. The van der Waals surface area contributed by atoms with Crippen molar-refractivity contribution in [3.8, 4) is 0 Å². The molecule has 0 saturated carbocycles. The summed E-state index contributed by atoms with van der Waals surface area (Å²) < 4.78 is 0. The highest BCUT2D eigenvalue weighted by atomic mass is 16.2. The maximum absolute atomic E-state index is 11.0. The van der Waals surface area contributed by atoms with Crippen LogP contribution in [0.25, 0.3) is 0 Å². The number of hydrogen-bond acceptors (Lipinski definition) is 3. The van der Waals surface area contributed by atoms with Crippen LogP contribution >= 0.6 is 0 Å². The lowest BCUT2D eigenvalue weighted by Gasteiger charge is -2.10. The second kappa shape index (κ2) is 4.06. The largest absolute Gasteiger partial charge is 0.370 e. The van der Waals surface area contributed by atoms with Crippen LogP contribution in [0, 0.1) is 0 Å². The first-order chi connectivity index (χ1) is 5.68. The number of carbonyl (C=O) groups excluding carboxylic acids is 2. The molecule has 1 atom stereocenters. The van der Waals surface area contributed by atoms with Crippen LogP contribution < -0.4 is 16.4 Å². The highest BCUT2D eigenvalue weighted by Crippen LogP contribution is 1.99. The van der Waals surface area contributed by atoms with Gasteiger partial charge >= 0.3 is 0 Å². The lowest BCUT2D eigenvalue weighted by molar-refractivity contribution is -0.121. The van der Waals surface area contributed by atoms with Crippen LogP contribution in [-0.4, -0.2) is 30.9 Å². The van der Waals surface area contributed by atoms with Crippen molar-refractivity contribution in [3.05, 3.63) is 0 Å². The SMILES string of the molecule is NC(=O)CC1CC(=O)NCCN1. The summed E-state index contributed by atoms with van der Waals surface area (Å²) >= 11 is 0. The molecule has 0 aromatic heterocycles. The van der Waals surface area contributed by atoms with Crippen molar-refractivity contribution in [1.82, 2.24) is 10.6 Å². The van der Waals surface area contributed by atoms with Gasteiger partial charge in [0.05, 0.1) is 0 Å². The average Bonchev–Trinajstić information content (AvgIpc) is 2.12. The molecule has 0 aliphatic carbocycles. The third-order valence-corrected chi connectivity index (χ3v) is 1.76. The van der Waals surface area contributed by atoms with Gasteiger partial charge in [0.1, 0.15) is 0 Å². The number of amides is 2. The molecule has 1 aliphatic heterocycles. The van der Waals surface area contributed by atoms with Crippen molar-refractivity contribution in [2.75, 3.05) is 13.1 Å². The number of nitrogens with one attached hydrogen (secondary N) is 2. The van der Waals surface area contributed by atoms with Gasteiger partial charge in [-0.1, -0.05) is 0 Å². The molecule has 0 aromatic carbocycles. The Kier molecular flexibility index (Phi) is 3.04. The fraction of sp³-hybridized carbons (Fsp3) is 0.714. The van der Waals surface area contributed by atoms with E-state index in [4.69, 9.17) is 5.73 Å². The number of primary amides is 1. The summed E-state index contributed by atoms with van der Waals surface area (Å²) in [7, 11) is 0. The zero-order valence-electron chi connectivity index (χ0n) is 6.80. The molecule has 5 nitrogen and oxygen atoms in total. The van der Waals surface area contributed by atoms with Crippen LogP contribution in [-0.2, 0) is 9.59 Å². The predicted molar refractivity (Wildman–Crippen MR) is 43.2 cm³/mol. The molecule has 0 spiro atoms. The molecule has 1 unspecified atom stereocenters. The second-order valence-electron chi connectivity index (χ2n) is 2.88. The Bertz CT molecular complexity index is 193. The molecule has 5 heteroatoms. The van der Waals surface area contributed by atoms with E-state index in [-0.39, 0.29) is 24.3 Å². The van der Waals surface area contributed by atoms with Crippen molar-refractivity contribution in [1.29, 1.82) is 0 Å². The van der Waals surface area contributed by atoms with E-state index >= 15 is 0 Å². The first-order valence-electron chi connectivity index (χ1n) is 3.97. The molecule has 2 amide bonds. The summed E-state index contributed by atoms with van der Waals surface area (Å²) in [6, 6.07) is -0.0926. The minimum Gasteiger partial charge on any atom is -0.370 e. The Labute approximate surface area is 70.7 Å². The fourth-order valence-electron chi connectivity index (χ4n) is 1.23. The topological polar surface area (TPSA) is 84.2 Å². The van der Waals surface area contributed by atoms with E-state index < -0.39 is 0 Å². The molecule has 0 radical (unpaired) electrons. The Morgan fingerprint density at radius 1 is 1.58 bits per heavy atom. The lowest BCUT2D eigenvalue weighted by atomic mass is 10.1. The van der Waals surface area contributed by atoms with Crippen molar-refractivity contribution in [3.63, 3.8) is 0 Å². The number of carbonyl (C=O) groups is 2. The molecule has 1 rings (SSSR count). The molecular weight excluding hydrogens is 158 g/mol. The molecular formula is C7H13N3O2. The number of hydrogen-bond donors (Lipinski definition) is 3. The highest BCUT2D eigenvalue weighted by molar-refractivity contribution is 5.79. The van der Waals surface area contributed by atoms with Gasteiger partial charge < -0.3 is 16.4 Å².